The van der Waals surface area contributed by atoms with E-state index in [-0.39, 0.29) is 12.3 Å². The molecule has 0 saturated carbocycles. The van der Waals surface area contributed by atoms with Crippen molar-refractivity contribution in [1.82, 2.24) is 5.32 Å². The number of halogens is 1. The highest BCUT2D eigenvalue weighted by atomic mass is 127. The topological polar surface area (TPSA) is 113 Å². The number of carbonyl (C=O) groups is 2. The number of aliphatic carboxylic acids is 1. The van der Waals surface area contributed by atoms with E-state index in [1.54, 1.807) is 0 Å². The van der Waals surface area contributed by atoms with Crippen molar-refractivity contribution in [2.75, 3.05) is 6.54 Å². The number of hydrogen-bond acceptors (Lipinski definition) is 4. The van der Waals surface area contributed by atoms with Crippen molar-refractivity contribution in [3.8, 4) is 0 Å². The zero-order valence-corrected chi connectivity index (χ0v) is 15.0. The molecule has 1 aromatic rings. The van der Waals surface area contributed by atoms with Crippen LogP contribution >= 0.6 is 22.6 Å². The Morgan fingerprint density at radius 1 is 1.22 bits per heavy atom. The Morgan fingerprint density at radius 3 is 2.48 bits per heavy atom. The van der Waals surface area contributed by atoms with Gasteiger partial charge in [0.1, 0.15) is 6.04 Å². The van der Waals surface area contributed by atoms with Gasteiger partial charge in [0.15, 0.2) is 0 Å². The first-order valence-corrected chi connectivity index (χ1v) is 8.65. The average Bonchev–Trinajstić information content (AvgIpc) is 2.52. The number of carbonyl (C=O) groups excluding carboxylic acids is 1. The molecule has 23 heavy (non-hydrogen) atoms. The fourth-order valence-electron chi connectivity index (χ4n) is 2.08. The first-order valence-electron chi connectivity index (χ1n) is 7.57. The summed E-state index contributed by atoms with van der Waals surface area (Å²) in [5.74, 6) is -1.26. The molecule has 5 N–H and O–H groups in total. The summed E-state index contributed by atoms with van der Waals surface area (Å²) >= 11 is 2.25. The van der Waals surface area contributed by atoms with Gasteiger partial charge in [0, 0.05) is 16.5 Å². The van der Waals surface area contributed by atoms with Gasteiger partial charge < -0.3 is 21.3 Å². The molecule has 1 aromatic carbocycles. The molecule has 0 saturated heterocycles. The number of carboxylic acid groups (broad SMARTS) is 1. The second-order valence-electron chi connectivity index (χ2n) is 5.40. The van der Waals surface area contributed by atoms with E-state index in [0.29, 0.717) is 19.4 Å². The summed E-state index contributed by atoms with van der Waals surface area (Å²) in [6, 6.07) is 6.94. The molecular formula is C16H23IN2O4. The summed E-state index contributed by atoms with van der Waals surface area (Å²) in [5.41, 5.74) is 6.51. The van der Waals surface area contributed by atoms with Crippen molar-refractivity contribution in [2.24, 2.45) is 5.73 Å². The zero-order valence-electron chi connectivity index (χ0n) is 12.9. The molecule has 128 valence electrons. The normalized spacial score (nSPS) is 13.3. The minimum Gasteiger partial charge on any atom is -0.480 e. The summed E-state index contributed by atoms with van der Waals surface area (Å²) in [4.78, 5) is 22.3. The molecule has 2 unspecified atom stereocenters. The molecule has 0 heterocycles. The quantitative estimate of drug-likeness (QED) is 0.328. The Labute approximate surface area is 149 Å². The molecule has 0 aliphatic rings. The molecule has 0 spiro atoms. The lowest BCUT2D eigenvalue weighted by molar-refractivity contribution is -0.141. The van der Waals surface area contributed by atoms with Crippen LogP contribution in [-0.4, -0.2) is 40.8 Å². The maximum Gasteiger partial charge on any atom is 0.323 e. The van der Waals surface area contributed by atoms with Crippen LogP contribution in [0.3, 0.4) is 0 Å². The minimum atomic E-state index is -1.28. The average molecular weight is 434 g/mol. The van der Waals surface area contributed by atoms with Gasteiger partial charge in [-0.1, -0.05) is 12.1 Å². The lowest BCUT2D eigenvalue weighted by atomic mass is 10.1. The molecule has 1 amide bonds. The minimum absolute atomic E-state index is 0.0347. The van der Waals surface area contributed by atoms with Crippen LogP contribution in [0.5, 0.6) is 0 Å². The van der Waals surface area contributed by atoms with Crippen molar-refractivity contribution in [1.29, 1.82) is 0 Å². The highest BCUT2D eigenvalue weighted by Crippen LogP contribution is 2.09. The predicted molar refractivity (Wildman–Crippen MR) is 96.0 cm³/mol. The number of amides is 1. The van der Waals surface area contributed by atoms with Crippen LogP contribution in [0.15, 0.2) is 24.3 Å². The molecule has 0 aliphatic heterocycles. The molecule has 0 fully saturated rings. The van der Waals surface area contributed by atoms with Crippen molar-refractivity contribution < 1.29 is 19.8 Å². The molecule has 6 nitrogen and oxygen atoms in total. The third kappa shape index (κ3) is 8.29. The first kappa shape index (κ1) is 19.9. The van der Waals surface area contributed by atoms with Crippen molar-refractivity contribution in [2.45, 2.75) is 44.2 Å². The molecular weight excluding hydrogens is 411 g/mol. The highest BCUT2D eigenvalue weighted by Gasteiger charge is 2.21. The van der Waals surface area contributed by atoms with Gasteiger partial charge in [-0.05, 0) is 66.0 Å². The number of aliphatic hydroxyl groups is 1. The van der Waals surface area contributed by atoms with E-state index in [2.05, 4.69) is 40.0 Å². The van der Waals surface area contributed by atoms with Crippen molar-refractivity contribution in [3.05, 3.63) is 33.4 Å². The number of nitrogens with two attached hydrogens (primary N) is 1. The number of aliphatic hydroxyl groups excluding tert-OH is 1. The number of aryl methyl sites for hydroxylation is 1. The Kier molecular flexibility index (Phi) is 9.12. The van der Waals surface area contributed by atoms with Gasteiger partial charge in [-0.3, -0.25) is 9.59 Å². The number of nitrogens with one attached hydrogen (secondary N) is 1. The molecule has 0 radical (unpaired) electrons. The lowest BCUT2D eigenvalue weighted by Crippen LogP contribution is -2.42. The van der Waals surface area contributed by atoms with Crippen LogP contribution in [0.25, 0.3) is 0 Å². The fourth-order valence-corrected chi connectivity index (χ4v) is 2.44. The Balaban J connectivity index is 2.10. The molecule has 2 atom stereocenters. The number of benzene rings is 1. The SMILES string of the molecule is NC(C(=O)O)C(O)CCCNC(=O)CCCc1ccc(I)cc1. The van der Waals surface area contributed by atoms with Gasteiger partial charge in [-0.15, -0.1) is 0 Å². The highest BCUT2D eigenvalue weighted by molar-refractivity contribution is 14.1. The summed E-state index contributed by atoms with van der Waals surface area (Å²) in [5, 5.41) is 20.9. The molecule has 0 bridgehead atoms. The van der Waals surface area contributed by atoms with Crippen LogP contribution < -0.4 is 11.1 Å². The smallest absolute Gasteiger partial charge is 0.323 e. The van der Waals surface area contributed by atoms with Gasteiger partial charge in [-0.2, -0.15) is 0 Å². The van der Waals surface area contributed by atoms with Gasteiger partial charge in [-0.25, -0.2) is 0 Å². The van der Waals surface area contributed by atoms with Crippen molar-refractivity contribution in [3.63, 3.8) is 0 Å². The third-order valence-corrected chi connectivity index (χ3v) is 4.20. The number of hydrogen-bond donors (Lipinski definition) is 4. The molecule has 1 rings (SSSR count). The van der Waals surface area contributed by atoms with Crippen LogP contribution in [0.1, 0.15) is 31.2 Å². The van der Waals surface area contributed by atoms with Crippen molar-refractivity contribution >= 4 is 34.5 Å². The fraction of sp³-hybridized carbons (Fsp3) is 0.500. The Hall–Kier alpha value is -1.19. The van der Waals surface area contributed by atoms with Gasteiger partial charge in [0.05, 0.1) is 6.10 Å². The maximum atomic E-state index is 11.7. The zero-order chi connectivity index (χ0) is 17.2. The Morgan fingerprint density at radius 2 is 1.87 bits per heavy atom. The standard InChI is InChI=1S/C16H23IN2O4/c17-12-8-6-11(7-9-12)3-1-5-14(21)19-10-2-4-13(20)15(18)16(22)23/h6-9,13,15,20H,1-5,10,18H2,(H,19,21)(H,22,23). The summed E-state index contributed by atoms with van der Waals surface area (Å²) in [6.45, 7) is 0.408. The van der Waals surface area contributed by atoms with E-state index in [4.69, 9.17) is 10.8 Å². The molecule has 0 aliphatic carbocycles. The maximum absolute atomic E-state index is 11.7. The van der Waals surface area contributed by atoms with Gasteiger partial charge >= 0.3 is 5.97 Å². The van der Waals surface area contributed by atoms with Crippen LogP contribution in [0, 0.1) is 3.57 Å². The first-order chi connectivity index (χ1) is 10.9. The van der Waals surface area contributed by atoms with Crippen LogP contribution in [0.2, 0.25) is 0 Å². The summed E-state index contributed by atoms with van der Waals surface area (Å²) in [7, 11) is 0. The van der Waals surface area contributed by atoms with E-state index < -0.39 is 18.1 Å². The Bertz CT molecular complexity index is 507. The predicted octanol–water partition coefficient (Wildman–Crippen LogP) is 1.28. The monoisotopic (exact) mass is 434 g/mol. The summed E-state index contributed by atoms with van der Waals surface area (Å²) in [6.07, 6.45) is 1.73. The third-order valence-electron chi connectivity index (χ3n) is 3.48. The van der Waals surface area contributed by atoms with E-state index in [1.165, 1.54) is 9.13 Å². The molecule has 7 heteroatoms. The van der Waals surface area contributed by atoms with Gasteiger partial charge in [0.25, 0.3) is 0 Å². The van der Waals surface area contributed by atoms with Crippen LogP contribution in [-0.2, 0) is 16.0 Å². The molecule has 0 aromatic heterocycles. The second-order valence-corrected chi connectivity index (χ2v) is 6.65. The largest absolute Gasteiger partial charge is 0.480 e. The number of rotatable bonds is 10. The van der Waals surface area contributed by atoms with E-state index in [0.717, 1.165) is 12.8 Å². The van der Waals surface area contributed by atoms with Crippen LogP contribution in [0.4, 0.5) is 0 Å². The van der Waals surface area contributed by atoms with E-state index >= 15 is 0 Å². The second kappa shape index (κ2) is 10.6. The van der Waals surface area contributed by atoms with E-state index in [9.17, 15) is 14.7 Å². The number of carboxylic acids is 1. The van der Waals surface area contributed by atoms with E-state index in [1.807, 2.05) is 12.1 Å². The summed E-state index contributed by atoms with van der Waals surface area (Å²) < 4.78 is 1.19. The van der Waals surface area contributed by atoms with Gasteiger partial charge in [0.2, 0.25) is 5.91 Å². The lowest BCUT2D eigenvalue weighted by Gasteiger charge is -2.14.